The summed E-state index contributed by atoms with van der Waals surface area (Å²) in [5.41, 5.74) is 0. The van der Waals surface area contributed by atoms with Gasteiger partial charge in [0.25, 0.3) is 0 Å². The van der Waals surface area contributed by atoms with Crippen molar-refractivity contribution in [1.29, 1.82) is 0 Å². The first kappa shape index (κ1) is 8.58. The highest BCUT2D eigenvalue weighted by Crippen LogP contribution is 2.44. The van der Waals surface area contributed by atoms with Gasteiger partial charge in [-0.05, 0) is 24.3 Å². The molecule has 1 heterocycles. The molecule has 66 valence electrons. The van der Waals surface area contributed by atoms with E-state index in [1.165, 1.54) is 24.1 Å². The average molecular weight is 201 g/mol. The van der Waals surface area contributed by atoms with E-state index in [1.807, 2.05) is 0 Å². The fourth-order valence-corrected chi connectivity index (χ4v) is 3.23. The number of halogens is 1. The molecule has 1 aliphatic rings. The zero-order valence-electron chi connectivity index (χ0n) is 7.05. The zero-order valence-corrected chi connectivity index (χ0v) is 8.63. The third-order valence-electron chi connectivity index (χ3n) is 2.61. The number of thiophene rings is 1. The van der Waals surface area contributed by atoms with Gasteiger partial charge < -0.3 is 0 Å². The minimum atomic E-state index is -0.00752. The van der Waals surface area contributed by atoms with Crippen molar-refractivity contribution in [3.63, 3.8) is 0 Å². The molecule has 1 aliphatic carbocycles. The van der Waals surface area contributed by atoms with Crippen LogP contribution < -0.4 is 0 Å². The highest BCUT2D eigenvalue weighted by atomic mass is 35.5. The third-order valence-corrected chi connectivity index (χ3v) is 4.38. The van der Waals surface area contributed by atoms with Crippen molar-refractivity contribution < 1.29 is 0 Å². The Morgan fingerprint density at radius 3 is 2.58 bits per heavy atom. The molecule has 0 bridgehead atoms. The van der Waals surface area contributed by atoms with Gasteiger partial charge >= 0.3 is 0 Å². The van der Waals surface area contributed by atoms with Gasteiger partial charge in [0.2, 0.25) is 0 Å². The van der Waals surface area contributed by atoms with Crippen molar-refractivity contribution in [3.8, 4) is 0 Å². The summed E-state index contributed by atoms with van der Waals surface area (Å²) in [5, 5.41) is 2.12. The Kier molecular flexibility index (Phi) is 2.42. The molecule has 0 unspecified atom stereocenters. The first-order valence-electron chi connectivity index (χ1n) is 4.54. The van der Waals surface area contributed by atoms with E-state index < -0.39 is 0 Å². The maximum atomic E-state index is 6.55. The molecule has 0 amide bonds. The SMILES string of the molecule is ClC1(c2cccs2)CCCCC1. The molecule has 1 aromatic rings. The lowest BCUT2D eigenvalue weighted by atomic mass is 9.87. The van der Waals surface area contributed by atoms with Gasteiger partial charge in [0.05, 0.1) is 4.87 Å². The predicted octanol–water partition coefficient (Wildman–Crippen LogP) is 4.15. The van der Waals surface area contributed by atoms with Crippen molar-refractivity contribution in [1.82, 2.24) is 0 Å². The molecule has 2 heteroatoms. The van der Waals surface area contributed by atoms with Crippen LogP contribution in [0.3, 0.4) is 0 Å². The van der Waals surface area contributed by atoms with E-state index in [1.54, 1.807) is 11.3 Å². The second-order valence-corrected chi connectivity index (χ2v) is 5.17. The van der Waals surface area contributed by atoms with Gasteiger partial charge in [-0.3, -0.25) is 0 Å². The monoisotopic (exact) mass is 200 g/mol. The molecule has 0 spiro atoms. The van der Waals surface area contributed by atoms with Crippen LogP contribution in [0.15, 0.2) is 17.5 Å². The highest BCUT2D eigenvalue weighted by Gasteiger charge is 2.31. The first-order valence-corrected chi connectivity index (χ1v) is 5.80. The van der Waals surface area contributed by atoms with Gasteiger partial charge in [0.1, 0.15) is 0 Å². The molecular weight excluding hydrogens is 188 g/mol. The number of alkyl halides is 1. The minimum Gasteiger partial charge on any atom is -0.147 e. The topological polar surface area (TPSA) is 0 Å². The molecule has 0 aromatic carbocycles. The lowest BCUT2D eigenvalue weighted by Crippen LogP contribution is -2.20. The molecule has 1 aromatic heterocycles. The van der Waals surface area contributed by atoms with Crippen LogP contribution in [0.2, 0.25) is 0 Å². The molecule has 0 aliphatic heterocycles. The van der Waals surface area contributed by atoms with E-state index >= 15 is 0 Å². The van der Waals surface area contributed by atoms with E-state index in [0.29, 0.717) is 0 Å². The Balaban J connectivity index is 2.19. The maximum Gasteiger partial charge on any atom is 0.0787 e. The Labute approximate surface area is 82.6 Å². The van der Waals surface area contributed by atoms with Gasteiger partial charge in [0.15, 0.2) is 0 Å². The van der Waals surface area contributed by atoms with Crippen molar-refractivity contribution in [3.05, 3.63) is 22.4 Å². The number of hydrogen-bond acceptors (Lipinski definition) is 1. The second kappa shape index (κ2) is 3.39. The Morgan fingerprint density at radius 2 is 2.00 bits per heavy atom. The van der Waals surface area contributed by atoms with Gasteiger partial charge in [-0.2, -0.15) is 0 Å². The van der Waals surface area contributed by atoms with Crippen LogP contribution in [0.25, 0.3) is 0 Å². The van der Waals surface area contributed by atoms with Gasteiger partial charge in [-0.15, -0.1) is 22.9 Å². The highest BCUT2D eigenvalue weighted by molar-refractivity contribution is 7.10. The molecule has 0 saturated heterocycles. The van der Waals surface area contributed by atoms with E-state index in [0.717, 1.165) is 12.8 Å². The van der Waals surface area contributed by atoms with Crippen LogP contribution in [0.5, 0.6) is 0 Å². The summed E-state index contributed by atoms with van der Waals surface area (Å²) < 4.78 is 0. The molecular formula is C10H13ClS. The third kappa shape index (κ3) is 1.53. The number of rotatable bonds is 1. The smallest absolute Gasteiger partial charge is 0.0787 e. The van der Waals surface area contributed by atoms with E-state index in [4.69, 9.17) is 11.6 Å². The summed E-state index contributed by atoms with van der Waals surface area (Å²) in [5.74, 6) is 0. The molecule has 2 rings (SSSR count). The van der Waals surface area contributed by atoms with Crippen LogP contribution in [-0.2, 0) is 4.87 Å². The second-order valence-electron chi connectivity index (χ2n) is 3.50. The number of hydrogen-bond donors (Lipinski definition) is 0. The van der Waals surface area contributed by atoms with Crippen LogP contribution in [0, 0.1) is 0 Å². The standard InChI is InChI=1S/C10H13ClS/c11-10(6-2-1-3-7-10)9-5-4-8-12-9/h4-5,8H,1-3,6-7H2. The van der Waals surface area contributed by atoms with E-state index in [9.17, 15) is 0 Å². The lowest BCUT2D eigenvalue weighted by molar-refractivity contribution is 0.404. The van der Waals surface area contributed by atoms with Crippen LogP contribution in [0.4, 0.5) is 0 Å². The van der Waals surface area contributed by atoms with Crippen molar-refractivity contribution >= 4 is 22.9 Å². The molecule has 0 N–H and O–H groups in total. The fourth-order valence-electron chi connectivity index (χ4n) is 1.89. The van der Waals surface area contributed by atoms with Crippen molar-refractivity contribution in [2.45, 2.75) is 37.0 Å². The summed E-state index contributed by atoms with van der Waals surface area (Å²) in [6, 6.07) is 4.27. The van der Waals surface area contributed by atoms with Gasteiger partial charge in [-0.25, -0.2) is 0 Å². The Morgan fingerprint density at radius 1 is 1.25 bits per heavy atom. The largest absolute Gasteiger partial charge is 0.147 e. The zero-order chi connectivity index (χ0) is 8.44. The Hall–Kier alpha value is -0.0100. The molecule has 0 radical (unpaired) electrons. The van der Waals surface area contributed by atoms with Gasteiger partial charge in [-0.1, -0.05) is 25.3 Å². The summed E-state index contributed by atoms with van der Waals surface area (Å²) in [6.45, 7) is 0. The molecule has 1 saturated carbocycles. The summed E-state index contributed by atoms with van der Waals surface area (Å²) in [4.78, 5) is 1.36. The summed E-state index contributed by atoms with van der Waals surface area (Å²) in [6.07, 6.45) is 6.27. The van der Waals surface area contributed by atoms with Crippen molar-refractivity contribution in [2.75, 3.05) is 0 Å². The van der Waals surface area contributed by atoms with Crippen LogP contribution in [-0.4, -0.2) is 0 Å². The summed E-state index contributed by atoms with van der Waals surface area (Å²) in [7, 11) is 0. The average Bonchev–Trinajstić information content (AvgIpc) is 2.58. The quantitative estimate of drug-likeness (QED) is 0.598. The lowest BCUT2D eigenvalue weighted by Gasteiger charge is -2.29. The van der Waals surface area contributed by atoms with E-state index in [2.05, 4.69) is 17.5 Å². The van der Waals surface area contributed by atoms with E-state index in [-0.39, 0.29) is 4.87 Å². The maximum absolute atomic E-state index is 6.55. The van der Waals surface area contributed by atoms with Crippen LogP contribution >= 0.6 is 22.9 Å². The Bertz CT molecular complexity index is 234. The predicted molar refractivity (Wildman–Crippen MR) is 54.9 cm³/mol. The fraction of sp³-hybridized carbons (Fsp3) is 0.600. The normalized spacial score (nSPS) is 22.4. The van der Waals surface area contributed by atoms with Crippen molar-refractivity contribution in [2.24, 2.45) is 0 Å². The van der Waals surface area contributed by atoms with Crippen LogP contribution in [0.1, 0.15) is 37.0 Å². The summed E-state index contributed by atoms with van der Waals surface area (Å²) >= 11 is 8.35. The first-order chi connectivity index (χ1) is 5.81. The molecule has 1 fully saturated rings. The minimum absolute atomic E-state index is 0.00752. The molecule has 0 atom stereocenters. The molecule has 0 nitrogen and oxygen atoms in total. The molecule has 12 heavy (non-hydrogen) atoms. The van der Waals surface area contributed by atoms with Gasteiger partial charge in [0, 0.05) is 4.88 Å².